The fourth-order valence-electron chi connectivity index (χ4n) is 12.0. The van der Waals surface area contributed by atoms with E-state index in [0.717, 1.165) is 0 Å². The van der Waals surface area contributed by atoms with Crippen LogP contribution in [-0.2, 0) is 0 Å². The highest BCUT2D eigenvalue weighted by molar-refractivity contribution is 7.26. The Morgan fingerprint density at radius 2 is 1.09 bits per heavy atom. The Kier molecular flexibility index (Phi) is 5.20. The van der Waals surface area contributed by atoms with E-state index in [1.807, 2.05) is 11.3 Å². The minimum Gasteiger partial charge on any atom is -0.376 e. The average molecular weight is 753 g/mol. The van der Waals surface area contributed by atoms with Gasteiger partial charge in [-0.15, -0.1) is 11.3 Å². The smallest absolute Gasteiger partial charge is 0.333 e. The van der Waals surface area contributed by atoms with E-state index < -0.39 is 8.07 Å². The Hall–Kier alpha value is -6.66. The zero-order chi connectivity index (χ0) is 36.7. The maximum atomic E-state index is 2.79. The summed E-state index contributed by atoms with van der Waals surface area (Å²) in [5.74, 6) is 0. The maximum absolute atomic E-state index is 2.79. The number of anilines is 2. The van der Waals surface area contributed by atoms with Crippen molar-refractivity contribution in [1.29, 1.82) is 0 Å². The van der Waals surface area contributed by atoms with Crippen LogP contribution in [0.15, 0.2) is 176 Å². The van der Waals surface area contributed by atoms with Crippen LogP contribution in [0.3, 0.4) is 0 Å². The number of rotatable bonds is 0. The Morgan fingerprint density at radius 1 is 0.439 bits per heavy atom. The number of aromatic nitrogens is 1. The molecule has 0 N–H and O–H groups in total. The van der Waals surface area contributed by atoms with Gasteiger partial charge in [0.05, 0.1) is 21.4 Å². The number of thiophene rings is 1. The Labute approximate surface area is 333 Å². The summed E-state index contributed by atoms with van der Waals surface area (Å²) in [6.45, 7) is -0.00979. The maximum Gasteiger partial charge on any atom is 0.333 e. The highest BCUT2D eigenvalue weighted by atomic mass is 32.1. The fraction of sp³-hybridized carbons (Fsp3) is 0. The summed E-state index contributed by atoms with van der Waals surface area (Å²) in [5, 5.41) is 13.9. The third-order valence-corrected chi connectivity index (χ3v) is 20.1. The van der Waals surface area contributed by atoms with Gasteiger partial charge in [-0.2, -0.15) is 0 Å². The number of para-hydroxylation sites is 3. The second kappa shape index (κ2) is 10.0. The van der Waals surface area contributed by atoms with Gasteiger partial charge in [0.1, 0.15) is 0 Å². The molecule has 0 radical (unpaired) electrons. The highest BCUT2D eigenvalue weighted by Crippen LogP contribution is 2.51. The molecule has 260 valence electrons. The molecule has 0 saturated carbocycles. The van der Waals surface area contributed by atoms with Crippen molar-refractivity contribution < 1.29 is 0 Å². The zero-order valence-corrected chi connectivity index (χ0v) is 32.4. The van der Waals surface area contributed by atoms with Crippen LogP contribution in [0, 0.1) is 0 Å². The zero-order valence-electron chi connectivity index (χ0n) is 30.6. The molecule has 15 rings (SSSR count). The van der Waals surface area contributed by atoms with Gasteiger partial charge in [-0.05, 0) is 71.9 Å². The lowest BCUT2D eigenvalue weighted by molar-refractivity contribution is 1.21. The van der Waals surface area contributed by atoms with E-state index in [2.05, 4.69) is 185 Å². The molecule has 0 saturated heterocycles. The average Bonchev–Trinajstić information content (AvgIpc) is 3.92. The quantitative estimate of drug-likeness (QED) is 0.140. The first-order valence-electron chi connectivity index (χ1n) is 20.0. The molecule has 0 atom stereocenters. The van der Waals surface area contributed by atoms with Crippen LogP contribution < -0.4 is 36.5 Å². The Morgan fingerprint density at radius 3 is 1.95 bits per heavy atom. The summed E-state index contributed by atoms with van der Waals surface area (Å²) in [7, 11) is -2.74. The third-order valence-electron chi connectivity index (χ3n) is 13.9. The van der Waals surface area contributed by atoms with Crippen LogP contribution in [0.5, 0.6) is 0 Å². The lowest BCUT2D eigenvalue weighted by Gasteiger charge is -2.50. The molecule has 9 aromatic carbocycles. The monoisotopic (exact) mass is 752 g/mol. The van der Waals surface area contributed by atoms with E-state index in [-0.39, 0.29) is 6.85 Å². The van der Waals surface area contributed by atoms with Gasteiger partial charge in [0.2, 0.25) is 0 Å². The number of fused-ring (bicyclic) bond motifs is 22. The molecule has 0 amide bonds. The lowest BCUT2D eigenvalue weighted by atomic mass is 9.44. The predicted molar refractivity (Wildman–Crippen MR) is 246 cm³/mol. The molecule has 0 aliphatic carbocycles. The Balaban J connectivity index is 1.19. The van der Waals surface area contributed by atoms with Gasteiger partial charge < -0.3 is 9.38 Å². The summed E-state index contributed by atoms with van der Waals surface area (Å²) >= 11 is 1.96. The van der Waals surface area contributed by atoms with Gasteiger partial charge in [-0.1, -0.05) is 158 Å². The largest absolute Gasteiger partial charge is 0.376 e. The first-order valence-corrected chi connectivity index (χ1v) is 22.8. The molecule has 0 unspecified atom stereocenters. The topological polar surface area (TPSA) is 8.17 Å². The van der Waals surface area contributed by atoms with E-state index in [4.69, 9.17) is 0 Å². The molecule has 4 aliphatic heterocycles. The van der Waals surface area contributed by atoms with Crippen molar-refractivity contribution in [2.75, 3.05) is 4.81 Å². The Bertz CT molecular complexity index is 3640. The van der Waals surface area contributed by atoms with Crippen LogP contribution in [0.2, 0.25) is 0 Å². The van der Waals surface area contributed by atoms with Gasteiger partial charge >= 0.3 is 6.85 Å². The number of nitrogens with zero attached hydrogens (tertiary/aromatic N) is 2. The van der Waals surface area contributed by atoms with E-state index in [1.54, 1.807) is 0 Å². The summed E-state index contributed by atoms with van der Waals surface area (Å²) in [5.41, 5.74) is 15.0. The SMILES string of the molecule is c1ccc2c(c1)-c1ccccc1[Si]21c2ccccc2N2B3c4c(cc5c(sc6ccccc65)c4-n4c5c3cccc5c3ccc5ccccc5c34)-c3cccc1c32. The predicted octanol–water partition coefficient (Wildman–Crippen LogP) is 9.21. The first kappa shape index (κ1) is 29.6. The van der Waals surface area contributed by atoms with Crippen LogP contribution >= 0.6 is 11.3 Å². The van der Waals surface area contributed by atoms with Gasteiger partial charge in [0, 0.05) is 48.6 Å². The van der Waals surface area contributed by atoms with E-state index >= 15 is 0 Å². The minimum absolute atomic E-state index is 0.00979. The molecular weight excluding hydrogens is 724 g/mol. The van der Waals surface area contributed by atoms with Crippen LogP contribution in [0.25, 0.3) is 80.7 Å². The summed E-state index contributed by atoms with van der Waals surface area (Å²) < 4.78 is 5.40. The molecule has 5 heteroatoms. The van der Waals surface area contributed by atoms with Crippen molar-refractivity contribution in [2.45, 2.75) is 0 Å². The molecule has 6 heterocycles. The number of hydrogen-bond donors (Lipinski definition) is 0. The number of hydrogen-bond acceptors (Lipinski definition) is 2. The molecule has 2 aromatic heterocycles. The standard InChI is InChI=1S/C52H29BN2SSi/c1-2-14-31-30(13-1)27-28-37-35-18-11-20-40-49(35)54(48(31)37)51-47-38(29-39-32-15-3-7-22-42(32)56-52(39)51)36-19-12-26-46-50(36)55(53(40)47)41-21-6-10-25-45(41)57(46)43-23-8-4-16-33(43)34-17-5-9-24-44(34)57/h1-29H. The minimum atomic E-state index is -2.74. The van der Waals surface area contributed by atoms with Gasteiger partial charge in [-0.3, -0.25) is 0 Å². The van der Waals surface area contributed by atoms with E-state index in [1.165, 1.54) is 124 Å². The van der Waals surface area contributed by atoms with Gasteiger partial charge in [0.25, 0.3) is 0 Å². The number of benzene rings is 9. The fourth-order valence-corrected chi connectivity index (χ4v) is 18.8. The second-order valence-corrected chi connectivity index (χ2v) is 21.0. The molecule has 4 aliphatic rings. The van der Waals surface area contributed by atoms with Gasteiger partial charge in [0.15, 0.2) is 8.07 Å². The molecule has 0 fully saturated rings. The molecule has 57 heavy (non-hydrogen) atoms. The van der Waals surface area contributed by atoms with E-state index in [0.29, 0.717) is 0 Å². The first-order chi connectivity index (χ1) is 28.3. The normalized spacial score (nSPS) is 14.7. The van der Waals surface area contributed by atoms with Crippen molar-refractivity contribution >= 4 is 122 Å². The van der Waals surface area contributed by atoms with Crippen molar-refractivity contribution in [3.63, 3.8) is 0 Å². The molecule has 11 aromatic rings. The molecular formula is C52H29BN2SSi. The van der Waals surface area contributed by atoms with Crippen LogP contribution in [-0.4, -0.2) is 19.5 Å². The summed E-state index contributed by atoms with van der Waals surface area (Å²) in [6, 6.07) is 67.8. The second-order valence-electron chi connectivity index (χ2n) is 16.3. The molecule has 2 nitrogen and oxygen atoms in total. The van der Waals surface area contributed by atoms with Crippen LogP contribution in [0.4, 0.5) is 11.4 Å². The summed E-state index contributed by atoms with van der Waals surface area (Å²) in [6.07, 6.45) is 0. The third kappa shape index (κ3) is 3.22. The summed E-state index contributed by atoms with van der Waals surface area (Å²) in [4.78, 5) is 2.79. The van der Waals surface area contributed by atoms with E-state index in [9.17, 15) is 0 Å². The highest BCUT2D eigenvalue weighted by Gasteiger charge is 2.57. The van der Waals surface area contributed by atoms with Crippen molar-refractivity contribution in [2.24, 2.45) is 0 Å². The molecule has 0 bridgehead atoms. The van der Waals surface area contributed by atoms with Crippen molar-refractivity contribution in [3.8, 4) is 27.9 Å². The van der Waals surface area contributed by atoms with Gasteiger partial charge in [-0.25, -0.2) is 0 Å². The van der Waals surface area contributed by atoms with Crippen LogP contribution in [0.1, 0.15) is 0 Å². The van der Waals surface area contributed by atoms with Crippen molar-refractivity contribution in [1.82, 2.24) is 4.57 Å². The van der Waals surface area contributed by atoms with Crippen molar-refractivity contribution in [3.05, 3.63) is 176 Å². The lowest BCUT2D eigenvalue weighted by Crippen LogP contribution is -2.78. The molecule has 1 spiro atoms.